The van der Waals surface area contributed by atoms with Crippen LogP contribution in [0.2, 0.25) is 0 Å². The third-order valence-electron chi connectivity index (χ3n) is 9.02. The van der Waals surface area contributed by atoms with Crippen LogP contribution in [0, 0.1) is 0 Å². The zero-order valence-corrected chi connectivity index (χ0v) is 25.9. The van der Waals surface area contributed by atoms with Gasteiger partial charge in [-0.1, -0.05) is 115 Å². The maximum Gasteiger partial charge on any atom is 0.0468 e. The molecule has 0 saturated carbocycles. The molecule has 1 nitrogen and oxygen atoms in total. The van der Waals surface area contributed by atoms with Crippen molar-refractivity contribution in [2.24, 2.45) is 0 Å². The number of hydrogen-bond donors (Lipinski definition) is 0. The lowest BCUT2D eigenvalue weighted by Crippen LogP contribution is -2.09. The van der Waals surface area contributed by atoms with Crippen LogP contribution >= 0.6 is 11.3 Å². The molecular weight excluding hydrogens is 575 g/mol. The fourth-order valence-electron chi connectivity index (χ4n) is 6.65. The Labute approximate surface area is 272 Å². The van der Waals surface area contributed by atoms with Crippen LogP contribution in [0.15, 0.2) is 176 Å². The molecule has 0 fully saturated rings. The monoisotopic (exact) mass is 603 g/mol. The lowest BCUT2D eigenvalue weighted by atomic mass is 9.99. The maximum absolute atomic E-state index is 2.35. The van der Waals surface area contributed by atoms with Crippen molar-refractivity contribution >= 4 is 70.1 Å². The Morgan fingerprint density at radius 3 is 1.65 bits per heavy atom. The largest absolute Gasteiger partial charge is 0.310 e. The van der Waals surface area contributed by atoms with E-state index in [0.717, 1.165) is 17.1 Å². The zero-order valence-electron chi connectivity index (χ0n) is 25.1. The van der Waals surface area contributed by atoms with E-state index in [4.69, 9.17) is 0 Å². The molecule has 0 saturated heterocycles. The van der Waals surface area contributed by atoms with E-state index in [0.29, 0.717) is 0 Å². The Kier molecular flexibility index (Phi) is 6.40. The highest BCUT2D eigenvalue weighted by Crippen LogP contribution is 2.40. The molecule has 0 atom stereocenters. The highest BCUT2D eigenvalue weighted by atomic mass is 32.1. The Morgan fingerprint density at radius 1 is 0.304 bits per heavy atom. The van der Waals surface area contributed by atoms with Crippen molar-refractivity contribution in [2.75, 3.05) is 4.90 Å². The van der Waals surface area contributed by atoms with Crippen molar-refractivity contribution < 1.29 is 0 Å². The second-order valence-corrected chi connectivity index (χ2v) is 12.9. The third-order valence-corrected chi connectivity index (χ3v) is 10.2. The first-order chi connectivity index (χ1) is 22.8. The van der Waals surface area contributed by atoms with E-state index in [2.05, 4.69) is 181 Å². The van der Waals surface area contributed by atoms with Crippen LogP contribution < -0.4 is 4.90 Å². The molecule has 0 aliphatic heterocycles. The summed E-state index contributed by atoms with van der Waals surface area (Å²) >= 11 is 1.87. The summed E-state index contributed by atoms with van der Waals surface area (Å²) in [5, 5.41) is 7.71. The molecule has 0 bridgehead atoms. The van der Waals surface area contributed by atoms with Crippen LogP contribution in [0.5, 0.6) is 0 Å². The molecule has 0 aliphatic rings. The molecular formula is C44H29NS. The van der Waals surface area contributed by atoms with E-state index in [-0.39, 0.29) is 0 Å². The highest BCUT2D eigenvalue weighted by molar-refractivity contribution is 7.25. The fraction of sp³-hybridized carbons (Fsp3) is 0. The van der Waals surface area contributed by atoms with Crippen LogP contribution in [-0.2, 0) is 0 Å². The summed E-state index contributed by atoms with van der Waals surface area (Å²) < 4.78 is 2.68. The smallest absolute Gasteiger partial charge is 0.0468 e. The van der Waals surface area contributed by atoms with Gasteiger partial charge in [0.1, 0.15) is 0 Å². The maximum atomic E-state index is 2.35. The number of rotatable bonds is 5. The minimum atomic E-state index is 1.12. The van der Waals surface area contributed by atoms with E-state index < -0.39 is 0 Å². The van der Waals surface area contributed by atoms with Gasteiger partial charge in [-0.25, -0.2) is 0 Å². The van der Waals surface area contributed by atoms with Crippen molar-refractivity contribution in [3.05, 3.63) is 176 Å². The van der Waals surface area contributed by atoms with Gasteiger partial charge in [-0.05, 0) is 104 Å². The number of thiophene rings is 1. The summed E-state index contributed by atoms with van der Waals surface area (Å²) in [6.45, 7) is 0. The molecule has 0 unspecified atom stereocenters. The van der Waals surface area contributed by atoms with Crippen LogP contribution in [-0.4, -0.2) is 0 Å². The number of nitrogens with zero attached hydrogens (tertiary/aromatic N) is 1. The average molecular weight is 604 g/mol. The Bertz CT molecular complexity index is 2510. The first-order valence-electron chi connectivity index (χ1n) is 15.7. The predicted octanol–water partition coefficient (Wildman–Crippen LogP) is 13.2. The third kappa shape index (κ3) is 4.72. The lowest BCUT2D eigenvalue weighted by molar-refractivity contribution is 1.29. The van der Waals surface area contributed by atoms with Gasteiger partial charge in [-0.3, -0.25) is 0 Å². The molecule has 8 aromatic carbocycles. The van der Waals surface area contributed by atoms with Gasteiger partial charge in [0.25, 0.3) is 0 Å². The van der Waals surface area contributed by atoms with Crippen molar-refractivity contribution in [3.63, 3.8) is 0 Å². The summed E-state index contributed by atoms with van der Waals surface area (Å²) in [6, 6.07) is 64.0. The SMILES string of the molecule is c1ccc(-c2ccc(N(c3ccc(-c4ccc5cc6c(cc5c4)sc4ccccc46)cc3)c3ccc4ccccc4c3)cc2)cc1. The molecule has 0 spiro atoms. The van der Waals surface area contributed by atoms with Crippen LogP contribution in [0.1, 0.15) is 0 Å². The van der Waals surface area contributed by atoms with Gasteiger partial charge in [0.2, 0.25) is 0 Å². The van der Waals surface area contributed by atoms with Gasteiger partial charge >= 0.3 is 0 Å². The fourth-order valence-corrected chi connectivity index (χ4v) is 7.78. The lowest BCUT2D eigenvalue weighted by Gasteiger charge is -2.26. The first kappa shape index (κ1) is 26.7. The first-order valence-corrected chi connectivity index (χ1v) is 16.5. The van der Waals surface area contributed by atoms with Crippen LogP contribution in [0.4, 0.5) is 17.1 Å². The highest BCUT2D eigenvalue weighted by Gasteiger charge is 2.14. The van der Waals surface area contributed by atoms with Gasteiger partial charge in [-0.15, -0.1) is 11.3 Å². The summed E-state index contributed by atoms with van der Waals surface area (Å²) in [4.78, 5) is 2.35. The summed E-state index contributed by atoms with van der Waals surface area (Å²) in [7, 11) is 0. The second kappa shape index (κ2) is 11.0. The molecule has 2 heteroatoms. The van der Waals surface area contributed by atoms with E-state index >= 15 is 0 Å². The van der Waals surface area contributed by atoms with E-state index in [1.165, 1.54) is 64.0 Å². The number of fused-ring (bicyclic) bond motifs is 5. The van der Waals surface area contributed by atoms with E-state index in [1.54, 1.807) is 0 Å². The zero-order chi connectivity index (χ0) is 30.5. The Morgan fingerprint density at radius 2 is 0.870 bits per heavy atom. The van der Waals surface area contributed by atoms with Crippen molar-refractivity contribution in [1.29, 1.82) is 0 Å². The summed E-state index contributed by atoms with van der Waals surface area (Å²) in [5.41, 5.74) is 8.25. The normalized spacial score (nSPS) is 11.5. The molecule has 9 aromatic rings. The van der Waals surface area contributed by atoms with E-state index in [1.807, 2.05) is 11.3 Å². The number of anilines is 3. The number of benzene rings is 8. The van der Waals surface area contributed by atoms with Gasteiger partial charge in [0.15, 0.2) is 0 Å². The Hall–Kier alpha value is -5.70. The minimum Gasteiger partial charge on any atom is -0.310 e. The van der Waals surface area contributed by atoms with Crippen molar-refractivity contribution in [3.8, 4) is 22.3 Å². The second-order valence-electron chi connectivity index (χ2n) is 11.8. The van der Waals surface area contributed by atoms with E-state index in [9.17, 15) is 0 Å². The van der Waals surface area contributed by atoms with Gasteiger partial charge < -0.3 is 4.90 Å². The standard InChI is InChI=1S/C44H29NS/c1-2-8-30(9-3-1)32-16-21-38(22-17-32)45(40-25-20-31-10-4-5-11-34(31)27-40)39-23-18-33(19-24-39)35-14-15-36-28-42-41-12-6-7-13-43(41)46-44(42)29-37(36)26-35/h1-29H. The van der Waals surface area contributed by atoms with Crippen molar-refractivity contribution in [2.45, 2.75) is 0 Å². The molecule has 0 amide bonds. The molecule has 1 aromatic heterocycles. The topological polar surface area (TPSA) is 3.24 Å². The average Bonchev–Trinajstić information content (AvgIpc) is 3.49. The molecule has 46 heavy (non-hydrogen) atoms. The minimum absolute atomic E-state index is 1.12. The van der Waals surface area contributed by atoms with Crippen molar-refractivity contribution in [1.82, 2.24) is 0 Å². The number of hydrogen-bond acceptors (Lipinski definition) is 2. The predicted molar refractivity (Wildman–Crippen MR) is 200 cm³/mol. The molecule has 1 heterocycles. The Balaban J connectivity index is 1.10. The molecule has 0 radical (unpaired) electrons. The van der Waals surface area contributed by atoms with Crippen LogP contribution in [0.25, 0.3) is 64.0 Å². The molecule has 216 valence electrons. The van der Waals surface area contributed by atoms with Gasteiger partial charge in [0.05, 0.1) is 0 Å². The molecule has 0 N–H and O–H groups in total. The van der Waals surface area contributed by atoms with Gasteiger partial charge in [-0.2, -0.15) is 0 Å². The molecule has 9 rings (SSSR count). The summed E-state index contributed by atoms with van der Waals surface area (Å²) in [5.74, 6) is 0. The molecule has 0 aliphatic carbocycles. The van der Waals surface area contributed by atoms with Crippen LogP contribution in [0.3, 0.4) is 0 Å². The van der Waals surface area contributed by atoms with Gasteiger partial charge in [0, 0.05) is 37.2 Å². The quantitative estimate of drug-likeness (QED) is 0.189. The summed E-state index contributed by atoms with van der Waals surface area (Å²) in [6.07, 6.45) is 0.